The predicted molar refractivity (Wildman–Crippen MR) is 83.2 cm³/mol. The van der Waals surface area contributed by atoms with Gasteiger partial charge in [-0.1, -0.05) is 6.92 Å². The number of nitrogens with zero attached hydrogens (tertiary/aromatic N) is 3. The molecule has 1 aliphatic heterocycles. The van der Waals surface area contributed by atoms with Gasteiger partial charge in [-0.2, -0.15) is 5.10 Å². The van der Waals surface area contributed by atoms with Gasteiger partial charge in [-0.25, -0.2) is 0 Å². The molecule has 122 valence electrons. The van der Waals surface area contributed by atoms with E-state index in [0.29, 0.717) is 13.1 Å². The summed E-state index contributed by atoms with van der Waals surface area (Å²) in [7, 11) is 1.89. The minimum atomic E-state index is -0.336. The molecule has 22 heavy (non-hydrogen) atoms. The van der Waals surface area contributed by atoms with Crippen LogP contribution in [0.3, 0.4) is 0 Å². The Kier molecular flexibility index (Phi) is 5.94. The topological polar surface area (TPSA) is 79.3 Å². The number of aryl methyl sites for hydroxylation is 2. The van der Waals surface area contributed by atoms with Crippen LogP contribution in [0.25, 0.3) is 0 Å². The summed E-state index contributed by atoms with van der Waals surface area (Å²) in [5.41, 5.74) is 1.17. The number of amides is 2. The van der Waals surface area contributed by atoms with Crippen LogP contribution < -0.4 is 10.6 Å². The molecule has 0 spiro atoms. The molecule has 7 nitrogen and oxygen atoms in total. The Morgan fingerprint density at radius 3 is 3.05 bits per heavy atom. The molecule has 1 unspecified atom stereocenters. The lowest BCUT2D eigenvalue weighted by atomic mass is 10.1. The number of aromatic nitrogens is 2. The Balaban J connectivity index is 1.69. The Morgan fingerprint density at radius 1 is 1.55 bits per heavy atom. The van der Waals surface area contributed by atoms with Crippen molar-refractivity contribution in [2.75, 3.05) is 26.2 Å². The number of hydrogen-bond acceptors (Lipinski definition) is 4. The van der Waals surface area contributed by atoms with Crippen LogP contribution in [0.1, 0.15) is 25.3 Å². The summed E-state index contributed by atoms with van der Waals surface area (Å²) in [4.78, 5) is 25.9. The third-order valence-corrected chi connectivity index (χ3v) is 3.95. The summed E-state index contributed by atoms with van der Waals surface area (Å²) in [5.74, 6) is -0.106. The molecule has 0 radical (unpaired) electrons. The average Bonchev–Trinajstić information content (AvgIpc) is 2.91. The fraction of sp³-hybridized carbons (Fsp3) is 0.667. The zero-order valence-electron chi connectivity index (χ0n) is 13.3. The SMILES string of the molecule is CCN1CCNC(=O)C1CC(=O)NCCCc1cnn(C)c1. The summed E-state index contributed by atoms with van der Waals surface area (Å²) in [5, 5.41) is 9.84. The van der Waals surface area contributed by atoms with Gasteiger partial charge in [0.15, 0.2) is 0 Å². The highest BCUT2D eigenvalue weighted by molar-refractivity contribution is 5.88. The lowest BCUT2D eigenvalue weighted by Gasteiger charge is -2.33. The first kappa shape index (κ1) is 16.5. The van der Waals surface area contributed by atoms with Gasteiger partial charge < -0.3 is 10.6 Å². The Bertz CT molecular complexity index is 514. The van der Waals surface area contributed by atoms with Gasteiger partial charge in [0.1, 0.15) is 0 Å². The van der Waals surface area contributed by atoms with E-state index in [-0.39, 0.29) is 24.3 Å². The molecule has 2 N–H and O–H groups in total. The van der Waals surface area contributed by atoms with Gasteiger partial charge in [0.05, 0.1) is 18.7 Å². The first-order valence-electron chi connectivity index (χ1n) is 7.86. The molecular formula is C15H25N5O2. The molecule has 7 heteroatoms. The van der Waals surface area contributed by atoms with Crippen LogP contribution in [-0.4, -0.2) is 58.7 Å². The molecule has 0 bridgehead atoms. The predicted octanol–water partition coefficient (Wildman–Crippen LogP) is -0.321. The van der Waals surface area contributed by atoms with E-state index in [1.807, 2.05) is 31.3 Å². The molecule has 1 saturated heterocycles. The molecule has 0 saturated carbocycles. The molecule has 0 aromatic carbocycles. The Hall–Kier alpha value is -1.89. The second-order valence-electron chi connectivity index (χ2n) is 5.62. The first-order valence-corrected chi connectivity index (χ1v) is 7.86. The van der Waals surface area contributed by atoms with Crippen molar-refractivity contribution in [1.82, 2.24) is 25.3 Å². The molecule has 2 heterocycles. The second-order valence-corrected chi connectivity index (χ2v) is 5.62. The lowest BCUT2D eigenvalue weighted by Crippen LogP contribution is -2.56. The maximum atomic E-state index is 12.0. The highest BCUT2D eigenvalue weighted by atomic mass is 16.2. The van der Waals surface area contributed by atoms with E-state index in [0.717, 1.165) is 25.9 Å². The molecule has 1 aromatic rings. The smallest absolute Gasteiger partial charge is 0.237 e. The summed E-state index contributed by atoms with van der Waals surface area (Å²) < 4.78 is 1.77. The maximum absolute atomic E-state index is 12.0. The van der Waals surface area contributed by atoms with E-state index >= 15 is 0 Å². The van der Waals surface area contributed by atoms with Crippen molar-refractivity contribution in [3.8, 4) is 0 Å². The largest absolute Gasteiger partial charge is 0.356 e. The molecule has 1 aromatic heterocycles. The minimum absolute atomic E-state index is 0.0430. The van der Waals surface area contributed by atoms with Gasteiger partial charge in [0.2, 0.25) is 11.8 Å². The fourth-order valence-corrected chi connectivity index (χ4v) is 2.73. The fourth-order valence-electron chi connectivity index (χ4n) is 2.73. The number of hydrogen-bond donors (Lipinski definition) is 2. The quantitative estimate of drug-likeness (QED) is 0.677. The highest BCUT2D eigenvalue weighted by Crippen LogP contribution is 2.08. The van der Waals surface area contributed by atoms with Crippen LogP contribution in [0.15, 0.2) is 12.4 Å². The van der Waals surface area contributed by atoms with E-state index in [2.05, 4.69) is 15.7 Å². The normalized spacial score (nSPS) is 19.0. The Morgan fingerprint density at radius 2 is 2.36 bits per heavy atom. The van der Waals surface area contributed by atoms with Crippen LogP contribution in [-0.2, 0) is 23.1 Å². The monoisotopic (exact) mass is 307 g/mol. The van der Waals surface area contributed by atoms with Crippen molar-refractivity contribution in [3.63, 3.8) is 0 Å². The van der Waals surface area contributed by atoms with E-state index in [4.69, 9.17) is 0 Å². The molecule has 2 amide bonds. The second kappa shape index (κ2) is 7.93. The van der Waals surface area contributed by atoms with Crippen LogP contribution >= 0.6 is 0 Å². The standard InChI is InChI=1S/C15H25N5O2/c1-3-20-8-7-17-15(22)13(20)9-14(21)16-6-4-5-12-10-18-19(2)11-12/h10-11,13H,3-9H2,1-2H3,(H,16,21)(H,17,22). The zero-order chi connectivity index (χ0) is 15.9. The van der Waals surface area contributed by atoms with Crippen molar-refractivity contribution in [3.05, 3.63) is 18.0 Å². The first-order chi connectivity index (χ1) is 10.6. The number of carbonyl (C=O) groups excluding carboxylic acids is 2. The number of carbonyl (C=O) groups is 2. The lowest BCUT2D eigenvalue weighted by molar-refractivity contribution is -0.133. The van der Waals surface area contributed by atoms with E-state index in [1.54, 1.807) is 4.68 Å². The number of piperazine rings is 1. The highest BCUT2D eigenvalue weighted by Gasteiger charge is 2.30. The minimum Gasteiger partial charge on any atom is -0.356 e. The molecule has 1 fully saturated rings. The third-order valence-electron chi connectivity index (χ3n) is 3.95. The molecule has 1 atom stereocenters. The number of rotatable bonds is 7. The van der Waals surface area contributed by atoms with Crippen LogP contribution in [0.5, 0.6) is 0 Å². The van der Waals surface area contributed by atoms with Gasteiger partial charge in [-0.3, -0.25) is 19.2 Å². The molecule has 2 rings (SSSR count). The summed E-state index contributed by atoms with van der Waals surface area (Å²) in [6, 6.07) is -0.336. The van der Waals surface area contributed by atoms with Crippen LogP contribution in [0, 0.1) is 0 Å². The average molecular weight is 307 g/mol. The number of nitrogens with one attached hydrogen (secondary N) is 2. The molecular weight excluding hydrogens is 282 g/mol. The van der Waals surface area contributed by atoms with Gasteiger partial charge in [-0.15, -0.1) is 0 Å². The third kappa shape index (κ3) is 4.56. The van der Waals surface area contributed by atoms with Crippen molar-refractivity contribution in [2.45, 2.75) is 32.2 Å². The van der Waals surface area contributed by atoms with Crippen LogP contribution in [0.4, 0.5) is 0 Å². The molecule has 0 aliphatic carbocycles. The zero-order valence-corrected chi connectivity index (χ0v) is 13.3. The van der Waals surface area contributed by atoms with Crippen LogP contribution in [0.2, 0.25) is 0 Å². The number of likely N-dealkylation sites (N-methyl/N-ethyl adjacent to an activating group) is 1. The Labute approximate surface area is 131 Å². The van der Waals surface area contributed by atoms with E-state index in [1.165, 1.54) is 5.56 Å². The summed E-state index contributed by atoms with van der Waals surface area (Å²) >= 11 is 0. The van der Waals surface area contributed by atoms with Gasteiger partial charge in [0, 0.05) is 32.9 Å². The maximum Gasteiger partial charge on any atom is 0.237 e. The summed E-state index contributed by atoms with van der Waals surface area (Å²) in [6.07, 6.45) is 5.80. The van der Waals surface area contributed by atoms with Crippen molar-refractivity contribution < 1.29 is 9.59 Å². The van der Waals surface area contributed by atoms with E-state index < -0.39 is 0 Å². The van der Waals surface area contributed by atoms with Crippen molar-refractivity contribution >= 4 is 11.8 Å². The van der Waals surface area contributed by atoms with Gasteiger partial charge in [0.25, 0.3) is 0 Å². The molecule has 1 aliphatic rings. The summed E-state index contributed by atoms with van der Waals surface area (Å²) in [6.45, 7) is 4.88. The van der Waals surface area contributed by atoms with E-state index in [9.17, 15) is 9.59 Å². The van der Waals surface area contributed by atoms with Crippen molar-refractivity contribution in [2.24, 2.45) is 7.05 Å². The van der Waals surface area contributed by atoms with Gasteiger partial charge in [-0.05, 0) is 24.9 Å². The van der Waals surface area contributed by atoms with Gasteiger partial charge >= 0.3 is 0 Å². The van der Waals surface area contributed by atoms with Crippen molar-refractivity contribution in [1.29, 1.82) is 0 Å².